The summed E-state index contributed by atoms with van der Waals surface area (Å²) in [6.07, 6.45) is 5.38. The lowest BCUT2D eigenvalue weighted by Gasteiger charge is -2.18. The van der Waals surface area contributed by atoms with E-state index in [-0.39, 0.29) is 5.41 Å². The van der Waals surface area contributed by atoms with Crippen molar-refractivity contribution >= 4 is 11.0 Å². The van der Waals surface area contributed by atoms with Gasteiger partial charge in [0.1, 0.15) is 0 Å². The van der Waals surface area contributed by atoms with E-state index in [9.17, 15) is 0 Å². The fraction of sp³-hybridized carbons (Fsp3) is 0.462. The predicted octanol–water partition coefficient (Wildman–Crippen LogP) is 4.15. The summed E-state index contributed by atoms with van der Waals surface area (Å²) in [7, 11) is 0. The van der Waals surface area contributed by atoms with E-state index in [0.717, 1.165) is 5.58 Å². The van der Waals surface area contributed by atoms with Gasteiger partial charge in [0, 0.05) is 11.6 Å². The maximum atomic E-state index is 5.29. The molecule has 82 valence electrons. The van der Waals surface area contributed by atoms with Crippen molar-refractivity contribution in [1.29, 1.82) is 0 Å². The number of hydrogen-bond acceptors (Lipinski definition) is 2. The van der Waals surface area contributed by atoms with E-state index in [1.807, 2.05) is 26.1 Å². The van der Waals surface area contributed by atoms with Gasteiger partial charge in [0.25, 0.3) is 0 Å². The van der Waals surface area contributed by atoms with Crippen molar-refractivity contribution in [2.24, 2.45) is 0 Å². The third-order valence-corrected chi connectivity index (χ3v) is 2.19. The molecule has 2 heterocycles. The minimum Gasteiger partial charge on any atom is -0.463 e. The maximum Gasteiger partial charge on any atom is 0.152 e. The molecule has 0 aliphatic rings. The van der Waals surface area contributed by atoms with Gasteiger partial charge in [-0.3, -0.25) is 4.98 Å². The summed E-state index contributed by atoms with van der Waals surface area (Å²) >= 11 is 0. The molecule has 2 rings (SSSR count). The zero-order chi connectivity index (χ0) is 11.5. The SMILES string of the molecule is CC.CC(C)(C)c1cncc2occc12. The average Bonchev–Trinajstić information content (AvgIpc) is 2.66. The van der Waals surface area contributed by atoms with Crippen LogP contribution in [0, 0.1) is 0 Å². The molecule has 0 atom stereocenters. The molecule has 0 aliphatic heterocycles. The first kappa shape index (κ1) is 11.8. The predicted molar refractivity (Wildman–Crippen MR) is 64.1 cm³/mol. The van der Waals surface area contributed by atoms with E-state index in [1.165, 1.54) is 10.9 Å². The second-order valence-electron chi connectivity index (χ2n) is 4.27. The molecule has 0 amide bonds. The van der Waals surface area contributed by atoms with Gasteiger partial charge in [-0.2, -0.15) is 0 Å². The Morgan fingerprint density at radius 2 is 1.80 bits per heavy atom. The van der Waals surface area contributed by atoms with Crippen LogP contribution in [0.4, 0.5) is 0 Å². The lowest BCUT2D eigenvalue weighted by Crippen LogP contribution is -2.11. The van der Waals surface area contributed by atoms with Gasteiger partial charge in [-0.15, -0.1) is 0 Å². The van der Waals surface area contributed by atoms with Crippen LogP contribution in [0.1, 0.15) is 40.2 Å². The summed E-state index contributed by atoms with van der Waals surface area (Å²) in [5.74, 6) is 0. The largest absolute Gasteiger partial charge is 0.463 e. The van der Waals surface area contributed by atoms with Gasteiger partial charge < -0.3 is 4.42 Å². The van der Waals surface area contributed by atoms with Crippen molar-refractivity contribution < 1.29 is 4.42 Å². The Bertz CT molecular complexity index is 423. The first-order valence-electron chi connectivity index (χ1n) is 5.41. The lowest BCUT2D eigenvalue weighted by molar-refractivity contribution is 0.589. The minimum absolute atomic E-state index is 0.121. The second kappa shape index (κ2) is 4.47. The van der Waals surface area contributed by atoms with Crippen LogP contribution in [0.2, 0.25) is 0 Å². The van der Waals surface area contributed by atoms with Crippen molar-refractivity contribution in [2.75, 3.05) is 0 Å². The minimum atomic E-state index is 0.121. The number of furan rings is 1. The Morgan fingerprint density at radius 1 is 1.13 bits per heavy atom. The molecular formula is C13H19NO. The summed E-state index contributed by atoms with van der Waals surface area (Å²) in [5, 5.41) is 1.17. The average molecular weight is 205 g/mol. The Balaban J connectivity index is 0.000000531. The fourth-order valence-corrected chi connectivity index (χ4v) is 1.49. The lowest BCUT2D eigenvalue weighted by atomic mass is 9.86. The number of fused-ring (bicyclic) bond motifs is 1. The van der Waals surface area contributed by atoms with Gasteiger partial charge in [-0.1, -0.05) is 34.6 Å². The summed E-state index contributed by atoms with van der Waals surface area (Å²) < 4.78 is 5.29. The fourth-order valence-electron chi connectivity index (χ4n) is 1.49. The van der Waals surface area contributed by atoms with Crippen LogP contribution in [0.25, 0.3) is 11.0 Å². The second-order valence-corrected chi connectivity index (χ2v) is 4.27. The van der Waals surface area contributed by atoms with Gasteiger partial charge in [0.2, 0.25) is 0 Å². The highest BCUT2D eigenvalue weighted by Gasteiger charge is 2.17. The van der Waals surface area contributed by atoms with Crippen LogP contribution >= 0.6 is 0 Å². The van der Waals surface area contributed by atoms with Crippen molar-refractivity contribution in [2.45, 2.75) is 40.0 Å². The van der Waals surface area contributed by atoms with E-state index in [1.54, 1.807) is 12.5 Å². The normalized spacial score (nSPS) is 11.0. The topological polar surface area (TPSA) is 26.0 Å². The molecule has 0 bridgehead atoms. The standard InChI is InChI=1S/C11H13NO.C2H6/c1-11(2,3)9-6-12-7-10-8(9)4-5-13-10;1-2/h4-7H,1-3H3;1-2H3. The molecule has 2 aromatic rings. The zero-order valence-corrected chi connectivity index (χ0v) is 10.2. The summed E-state index contributed by atoms with van der Waals surface area (Å²) in [4.78, 5) is 4.16. The molecule has 15 heavy (non-hydrogen) atoms. The third-order valence-electron chi connectivity index (χ3n) is 2.19. The molecule has 0 radical (unpaired) electrons. The quantitative estimate of drug-likeness (QED) is 0.645. The molecular weight excluding hydrogens is 186 g/mol. The van der Waals surface area contributed by atoms with Gasteiger partial charge in [-0.25, -0.2) is 0 Å². The maximum absolute atomic E-state index is 5.29. The van der Waals surface area contributed by atoms with Crippen molar-refractivity contribution in [3.8, 4) is 0 Å². The Labute approximate surface area is 91.3 Å². The number of pyridine rings is 1. The van der Waals surface area contributed by atoms with Gasteiger partial charge >= 0.3 is 0 Å². The van der Waals surface area contributed by atoms with Crippen LogP contribution < -0.4 is 0 Å². The highest BCUT2D eigenvalue weighted by Crippen LogP contribution is 2.29. The Kier molecular flexibility index (Phi) is 3.51. The van der Waals surface area contributed by atoms with Gasteiger partial charge in [0.15, 0.2) is 5.58 Å². The molecule has 2 heteroatoms. The van der Waals surface area contributed by atoms with E-state index in [2.05, 4.69) is 25.8 Å². The first-order chi connectivity index (χ1) is 7.09. The first-order valence-corrected chi connectivity index (χ1v) is 5.41. The highest BCUT2D eigenvalue weighted by molar-refractivity contribution is 5.80. The third kappa shape index (κ3) is 2.38. The smallest absolute Gasteiger partial charge is 0.152 e. The molecule has 0 spiro atoms. The van der Waals surface area contributed by atoms with Crippen LogP contribution in [0.3, 0.4) is 0 Å². The Hall–Kier alpha value is -1.31. The molecule has 0 saturated heterocycles. The van der Waals surface area contributed by atoms with E-state index >= 15 is 0 Å². The van der Waals surface area contributed by atoms with Crippen molar-refractivity contribution in [1.82, 2.24) is 4.98 Å². The molecule has 2 aromatic heterocycles. The summed E-state index contributed by atoms with van der Waals surface area (Å²) in [6.45, 7) is 10.5. The summed E-state index contributed by atoms with van der Waals surface area (Å²) in [6, 6.07) is 2.00. The van der Waals surface area contributed by atoms with Crippen LogP contribution in [0.5, 0.6) is 0 Å². The summed E-state index contributed by atoms with van der Waals surface area (Å²) in [5.41, 5.74) is 2.22. The number of aromatic nitrogens is 1. The molecule has 0 aromatic carbocycles. The molecule has 0 saturated carbocycles. The monoisotopic (exact) mass is 205 g/mol. The highest BCUT2D eigenvalue weighted by atomic mass is 16.3. The van der Waals surface area contributed by atoms with Crippen LogP contribution in [-0.2, 0) is 5.41 Å². The van der Waals surface area contributed by atoms with E-state index < -0.39 is 0 Å². The van der Waals surface area contributed by atoms with Crippen molar-refractivity contribution in [3.63, 3.8) is 0 Å². The molecule has 0 fully saturated rings. The zero-order valence-electron chi connectivity index (χ0n) is 10.2. The van der Waals surface area contributed by atoms with Crippen LogP contribution in [0.15, 0.2) is 29.1 Å². The molecule has 2 nitrogen and oxygen atoms in total. The van der Waals surface area contributed by atoms with Crippen molar-refractivity contribution in [3.05, 3.63) is 30.3 Å². The van der Waals surface area contributed by atoms with Gasteiger partial charge in [-0.05, 0) is 17.0 Å². The molecule has 0 N–H and O–H groups in total. The number of rotatable bonds is 0. The Morgan fingerprint density at radius 3 is 2.40 bits per heavy atom. The molecule has 0 aliphatic carbocycles. The van der Waals surface area contributed by atoms with Crippen LogP contribution in [-0.4, -0.2) is 4.98 Å². The molecule has 0 unspecified atom stereocenters. The van der Waals surface area contributed by atoms with E-state index in [4.69, 9.17) is 4.42 Å². The number of hydrogen-bond donors (Lipinski definition) is 0. The van der Waals surface area contributed by atoms with Gasteiger partial charge in [0.05, 0.1) is 12.5 Å². The number of nitrogens with zero attached hydrogens (tertiary/aromatic N) is 1. The van der Waals surface area contributed by atoms with E-state index in [0.29, 0.717) is 0 Å².